The van der Waals surface area contributed by atoms with Gasteiger partial charge in [0.05, 0.1) is 5.69 Å². The molecule has 4 fully saturated rings. The van der Waals surface area contributed by atoms with Crippen molar-refractivity contribution >= 4 is 23.2 Å². The summed E-state index contributed by atoms with van der Waals surface area (Å²) in [5.41, 5.74) is 4.60. The van der Waals surface area contributed by atoms with Crippen LogP contribution in [0.25, 0.3) is 0 Å². The van der Waals surface area contributed by atoms with Crippen LogP contribution in [0.3, 0.4) is 0 Å². The quantitative estimate of drug-likeness (QED) is 0.643. The lowest BCUT2D eigenvalue weighted by molar-refractivity contribution is -0.125. The van der Waals surface area contributed by atoms with E-state index in [2.05, 4.69) is 17.5 Å². The third-order valence-corrected chi connectivity index (χ3v) is 7.26. The van der Waals surface area contributed by atoms with Crippen molar-refractivity contribution in [2.24, 2.45) is 28.3 Å². The Hall–Kier alpha value is -2.37. The number of carbonyl (C=O) groups excluding carboxylic acids is 2. The van der Waals surface area contributed by atoms with Crippen LogP contribution in [0.1, 0.15) is 45.4 Å². The highest BCUT2D eigenvalue weighted by molar-refractivity contribution is 6.02. The van der Waals surface area contributed by atoms with Crippen LogP contribution in [0.2, 0.25) is 0 Å². The number of hydrazone groups is 1. The number of hydrogen-bond donors (Lipinski definition) is 1. The average Bonchev–Trinajstić information content (AvgIpc) is 2.67. The highest BCUT2D eigenvalue weighted by Gasteiger charge is 2.52. The Morgan fingerprint density at radius 1 is 1.18 bits per heavy atom. The van der Waals surface area contributed by atoms with Crippen molar-refractivity contribution in [2.75, 3.05) is 18.1 Å². The van der Waals surface area contributed by atoms with Gasteiger partial charge in [-0.1, -0.05) is 12.1 Å². The molecule has 0 unspecified atom stereocenters. The summed E-state index contributed by atoms with van der Waals surface area (Å²) in [6.45, 7) is 1.99. The number of para-hydroxylation sites is 2. The monoisotopic (exact) mass is 381 g/mol. The number of nitrogens with one attached hydrogen (secondary N) is 1. The van der Waals surface area contributed by atoms with E-state index in [1.807, 2.05) is 18.2 Å². The minimum Gasteiger partial charge on any atom is -0.482 e. The molecule has 6 nitrogen and oxygen atoms in total. The fraction of sp³-hybridized carbons (Fsp3) is 0.591. The van der Waals surface area contributed by atoms with E-state index in [-0.39, 0.29) is 30.4 Å². The minimum atomic E-state index is -0.269. The average molecular weight is 381 g/mol. The highest BCUT2D eigenvalue weighted by Crippen LogP contribution is 2.60. The summed E-state index contributed by atoms with van der Waals surface area (Å²) >= 11 is 0. The van der Waals surface area contributed by atoms with Crippen LogP contribution < -0.4 is 15.1 Å². The molecule has 1 N–H and O–H groups in total. The van der Waals surface area contributed by atoms with Gasteiger partial charge in [0.15, 0.2) is 6.61 Å². The van der Waals surface area contributed by atoms with Crippen LogP contribution in [-0.4, -0.2) is 30.7 Å². The third kappa shape index (κ3) is 2.99. The van der Waals surface area contributed by atoms with Crippen LogP contribution in [0.15, 0.2) is 29.4 Å². The second kappa shape index (κ2) is 6.61. The van der Waals surface area contributed by atoms with E-state index in [1.54, 1.807) is 6.07 Å². The molecular weight excluding hydrogens is 354 g/mol. The Labute approximate surface area is 165 Å². The Balaban J connectivity index is 1.27. The molecule has 1 heterocycles. The molecule has 6 heteroatoms. The second-order valence-corrected chi connectivity index (χ2v) is 9.17. The van der Waals surface area contributed by atoms with Gasteiger partial charge in [-0.25, -0.2) is 5.43 Å². The maximum atomic E-state index is 12.5. The zero-order valence-electron chi connectivity index (χ0n) is 16.3. The molecule has 5 aliphatic rings. The van der Waals surface area contributed by atoms with E-state index in [1.165, 1.54) is 43.4 Å². The lowest BCUT2D eigenvalue weighted by Crippen LogP contribution is -2.50. The summed E-state index contributed by atoms with van der Waals surface area (Å²) in [4.78, 5) is 26.3. The molecule has 4 saturated carbocycles. The number of benzene rings is 1. The number of hydrogen-bond acceptors (Lipinski definition) is 4. The molecule has 4 aliphatic carbocycles. The molecule has 0 aromatic heterocycles. The van der Waals surface area contributed by atoms with E-state index in [0.29, 0.717) is 11.4 Å². The standard InChI is InChI=1S/C22H27N3O3/c1-14(22-9-15-6-16(10-22)8-17(7-15)11-22)23-24-20(26)12-25-18-4-2-3-5-19(18)28-13-21(25)27/h2-5,15-17H,6-13H2,1H3,(H,24,26)/b23-14-. The fourth-order valence-electron chi connectivity index (χ4n) is 6.32. The van der Waals surface area contributed by atoms with Gasteiger partial charge in [-0.3, -0.25) is 14.5 Å². The van der Waals surface area contributed by atoms with Crippen LogP contribution in [-0.2, 0) is 9.59 Å². The molecule has 148 valence electrons. The van der Waals surface area contributed by atoms with Gasteiger partial charge in [0.2, 0.25) is 0 Å². The van der Waals surface area contributed by atoms with Crippen LogP contribution in [0, 0.1) is 23.2 Å². The van der Waals surface area contributed by atoms with Crippen LogP contribution >= 0.6 is 0 Å². The first-order valence-corrected chi connectivity index (χ1v) is 10.4. The molecule has 28 heavy (non-hydrogen) atoms. The normalized spacial score (nSPS) is 33.5. The maximum absolute atomic E-state index is 12.5. The molecule has 1 aromatic rings. The number of rotatable bonds is 4. The highest BCUT2D eigenvalue weighted by atomic mass is 16.5. The smallest absolute Gasteiger partial charge is 0.265 e. The molecule has 4 bridgehead atoms. The SMILES string of the molecule is C/C(=N/NC(=O)CN1C(=O)COc2ccccc21)C12CC3CC(CC(C3)C1)C2. The predicted octanol–water partition coefficient (Wildman–Crippen LogP) is 3.12. The first-order chi connectivity index (χ1) is 13.5. The molecule has 2 amide bonds. The number of anilines is 1. The topological polar surface area (TPSA) is 71.0 Å². The van der Waals surface area contributed by atoms with Crippen LogP contribution in [0.4, 0.5) is 5.69 Å². The summed E-state index contributed by atoms with van der Waals surface area (Å²) in [6, 6.07) is 7.29. The molecular formula is C22H27N3O3. The van der Waals surface area contributed by atoms with E-state index in [9.17, 15) is 9.59 Å². The first-order valence-electron chi connectivity index (χ1n) is 10.4. The third-order valence-electron chi connectivity index (χ3n) is 7.26. The van der Waals surface area contributed by atoms with Gasteiger partial charge < -0.3 is 4.74 Å². The summed E-state index contributed by atoms with van der Waals surface area (Å²) < 4.78 is 5.43. The first kappa shape index (κ1) is 17.7. The van der Waals surface area contributed by atoms with Gasteiger partial charge in [-0.15, -0.1) is 0 Å². The number of ether oxygens (including phenoxy) is 1. The number of fused-ring (bicyclic) bond motifs is 1. The van der Waals surface area contributed by atoms with Gasteiger partial charge in [0, 0.05) is 11.1 Å². The van der Waals surface area contributed by atoms with Crippen molar-refractivity contribution in [3.63, 3.8) is 0 Å². The van der Waals surface area contributed by atoms with Gasteiger partial charge in [0.25, 0.3) is 11.8 Å². The number of carbonyl (C=O) groups is 2. The molecule has 1 aliphatic heterocycles. The molecule has 6 rings (SSSR count). The van der Waals surface area contributed by atoms with Crippen molar-refractivity contribution in [2.45, 2.75) is 45.4 Å². The second-order valence-electron chi connectivity index (χ2n) is 9.17. The fourth-order valence-corrected chi connectivity index (χ4v) is 6.32. The van der Waals surface area contributed by atoms with Gasteiger partial charge in [-0.2, -0.15) is 5.10 Å². The van der Waals surface area contributed by atoms with E-state index >= 15 is 0 Å². The Bertz CT molecular complexity index is 812. The van der Waals surface area contributed by atoms with Crippen molar-refractivity contribution < 1.29 is 14.3 Å². The number of amides is 2. The summed E-state index contributed by atoms with van der Waals surface area (Å²) in [6.07, 6.45) is 7.82. The summed E-state index contributed by atoms with van der Waals surface area (Å²) in [5, 5.41) is 4.51. The molecule has 0 spiro atoms. The molecule has 0 radical (unpaired) electrons. The predicted molar refractivity (Wildman–Crippen MR) is 106 cm³/mol. The molecule has 0 saturated heterocycles. The Morgan fingerprint density at radius 3 is 2.50 bits per heavy atom. The van der Waals surface area contributed by atoms with Gasteiger partial charge in [-0.05, 0) is 75.3 Å². The zero-order chi connectivity index (χ0) is 19.3. The zero-order valence-corrected chi connectivity index (χ0v) is 16.3. The van der Waals surface area contributed by atoms with E-state index in [0.717, 1.165) is 23.5 Å². The van der Waals surface area contributed by atoms with Gasteiger partial charge >= 0.3 is 0 Å². The van der Waals surface area contributed by atoms with Crippen molar-refractivity contribution in [1.29, 1.82) is 0 Å². The Kier molecular flexibility index (Phi) is 4.18. The van der Waals surface area contributed by atoms with Gasteiger partial charge in [0.1, 0.15) is 12.3 Å². The minimum absolute atomic E-state index is 0.0418. The van der Waals surface area contributed by atoms with E-state index in [4.69, 9.17) is 4.74 Å². The van der Waals surface area contributed by atoms with Crippen LogP contribution in [0.5, 0.6) is 5.75 Å². The molecule has 1 aromatic carbocycles. The lowest BCUT2D eigenvalue weighted by Gasteiger charge is -2.56. The number of nitrogens with zero attached hydrogens (tertiary/aromatic N) is 2. The molecule has 0 atom stereocenters. The Morgan fingerprint density at radius 2 is 1.82 bits per heavy atom. The maximum Gasteiger partial charge on any atom is 0.265 e. The summed E-state index contributed by atoms with van der Waals surface area (Å²) in [7, 11) is 0. The lowest BCUT2D eigenvalue weighted by atomic mass is 9.48. The van der Waals surface area contributed by atoms with E-state index < -0.39 is 0 Å². The largest absolute Gasteiger partial charge is 0.482 e. The van der Waals surface area contributed by atoms with Crippen molar-refractivity contribution in [3.05, 3.63) is 24.3 Å². The summed E-state index contributed by atoms with van der Waals surface area (Å²) in [5.74, 6) is 2.67. The van der Waals surface area contributed by atoms with Crippen molar-refractivity contribution in [1.82, 2.24) is 5.43 Å². The van der Waals surface area contributed by atoms with Crippen molar-refractivity contribution in [3.8, 4) is 5.75 Å².